The summed E-state index contributed by atoms with van der Waals surface area (Å²) in [4.78, 5) is 64.5. The number of allylic oxidation sites excluding steroid dienone is 3. The number of aliphatic carboxylic acids is 1. The van der Waals surface area contributed by atoms with Crippen molar-refractivity contribution in [3.8, 4) is 0 Å². The Hall–Kier alpha value is -2.41. The van der Waals surface area contributed by atoms with Crippen LogP contribution in [0.2, 0.25) is 0 Å². The van der Waals surface area contributed by atoms with Crippen LogP contribution in [0.25, 0.3) is 0 Å². The quantitative estimate of drug-likeness (QED) is 0.527. The number of aliphatic hydroxyl groups excluding tert-OH is 1. The molecule has 0 radical (unpaired) electrons. The topological polar surface area (TPSA) is 126 Å². The van der Waals surface area contributed by atoms with Crippen molar-refractivity contribution in [2.75, 3.05) is 0 Å². The van der Waals surface area contributed by atoms with Crippen LogP contribution >= 0.6 is 0 Å². The molecule has 0 bridgehead atoms. The van der Waals surface area contributed by atoms with Crippen molar-refractivity contribution < 1.29 is 34.2 Å². The molecule has 7 nitrogen and oxygen atoms in total. The van der Waals surface area contributed by atoms with Gasteiger partial charge < -0.3 is 10.2 Å². The first-order valence-electron chi connectivity index (χ1n) is 13.4. The van der Waals surface area contributed by atoms with Crippen LogP contribution in [0.4, 0.5) is 0 Å². The Bertz CT molecular complexity index is 1170. The number of carboxylic acids is 1. The lowest BCUT2D eigenvalue weighted by molar-refractivity contribution is -0.146. The minimum absolute atomic E-state index is 0.0497. The molecular formula is C30H40O7. The maximum absolute atomic E-state index is 14.0. The third-order valence-electron chi connectivity index (χ3n) is 10.9. The molecule has 0 aromatic heterocycles. The van der Waals surface area contributed by atoms with Crippen molar-refractivity contribution in [1.29, 1.82) is 0 Å². The number of hydrogen-bond donors (Lipinski definition) is 2. The Balaban J connectivity index is 1.81. The van der Waals surface area contributed by atoms with Gasteiger partial charge >= 0.3 is 5.97 Å². The van der Waals surface area contributed by atoms with Crippen LogP contribution in [0.5, 0.6) is 0 Å². The third-order valence-corrected chi connectivity index (χ3v) is 10.9. The van der Waals surface area contributed by atoms with Gasteiger partial charge in [-0.25, -0.2) is 0 Å². The molecule has 1 unspecified atom stereocenters. The molecule has 202 valence electrons. The van der Waals surface area contributed by atoms with Crippen LogP contribution in [0, 0.1) is 39.4 Å². The van der Waals surface area contributed by atoms with E-state index in [0.717, 1.165) is 0 Å². The predicted octanol–water partition coefficient (Wildman–Crippen LogP) is 4.26. The second-order valence-corrected chi connectivity index (χ2v) is 13.3. The molecule has 0 saturated heterocycles. The number of rotatable bonds is 5. The minimum Gasteiger partial charge on any atom is -0.481 e. The van der Waals surface area contributed by atoms with Crippen molar-refractivity contribution in [2.24, 2.45) is 39.4 Å². The van der Waals surface area contributed by atoms with Crippen molar-refractivity contribution in [3.63, 3.8) is 0 Å². The normalized spacial score (nSPS) is 40.2. The second kappa shape index (κ2) is 8.55. The number of carboxylic acid groups (broad SMARTS) is 1. The highest BCUT2D eigenvalue weighted by atomic mass is 16.4. The highest BCUT2D eigenvalue weighted by molar-refractivity contribution is 6.06. The molecule has 0 heterocycles. The second-order valence-electron chi connectivity index (χ2n) is 13.3. The molecule has 4 aliphatic carbocycles. The molecule has 4 aliphatic rings. The number of fused-ring (bicyclic) bond motifs is 4. The molecule has 7 atom stereocenters. The van der Waals surface area contributed by atoms with Crippen LogP contribution in [-0.2, 0) is 24.0 Å². The van der Waals surface area contributed by atoms with Gasteiger partial charge in [0.05, 0.1) is 17.4 Å². The molecule has 2 N–H and O–H groups in total. The Morgan fingerprint density at radius 1 is 1.08 bits per heavy atom. The average molecular weight is 513 g/mol. The zero-order chi connectivity index (χ0) is 27.9. The molecule has 2 saturated carbocycles. The van der Waals surface area contributed by atoms with Crippen LogP contribution in [0.1, 0.15) is 87.0 Å². The first-order chi connectivity index (χ1) is 16.9. The summed E-state index contributed by atoms with van der Waals surface area (Å²) in [5, 5.41) is 20.7. The van der Waals surface area contributed by atoms with Gasteiger partial charge in [-0.05, 0) is 55.6 Å². The van der Waals surface area contributed by atoms with Gasteiger partial charge in [0.1, 0.15) is 11.6 Å². The lowest BCUT2D eigenvalue weighted by atomic mass is 9.42. The van der Waals surface area contributed by atoms with Crippen LogP contribution in [0.15, 0.2) is 22.8 Å². The fourth-order valence-electron chi connectivity index (χ4n) is 8.51. The summed E-state index contributed by atoms with van der Waals surface area (Å²) in [7, 11) is 0. The van der Waals surface area contributed by atoms with Gasteiger partial charge in [-0.3, -0.25) is 24.0 Å². The molecule has 7 heteroatoms. The maximum Gasteiger partial charge on any atom is 0.306 e. The van der Waals surface area contributed by atoms with Crippen molar-refractivity contribution in [1.82, 2.24) is 0 Å². The SMILES string of the molecule is C/C(=C\C(=O)CC(C)C(=O)O)[C@H]1CC(=O)[C@@]2(C)C3=C(C(=O)C[C@]12C)[C@@]1(C)CCC(=O)C(C)(C)[C@@H]1C[C@@H]3O. The number of carbonyl (C=O) groups is 5. The first-order valence-corrected chi connectivity index (χ1v) is 13.4. The van der Waals surface area contributed by atoms with Gasteiger partial charge in [-0.1, -0.05) is 40.2 Å². The van der Waals surface area contributed by atoms with Crippen LogP contribution < -0.4 is 0 Å². The van der Waals surface area contributed by atoms with E-state index in [4.69, 9.17) is 5.11 Å². The van der Waals surface area contributed by atoms with Gasteiger partial charge in [0, 0.05) is 42.1 Å². The zero-order valence-electron chi connectivity index (χ0n) is 23.1. The monoisotopic (exact) mass is 512 g/mol. The standard InChI is InChI=1S/C30H40O7/c1-15(10-17(31)11-16(2)26(36)37)18-12-23(35)30(7)25-19(32)13-21-27(3,4)22(34)8-9-28(21,5)24(25)20(33)14-29(18,30)6/h10,16,18-19,21,32H,8-9,11-14H2,1-7H3,(H,36,37)/b15-10+/t16?,18-,19+,21+,28+,29-,30+/m1/s1. The number of Topliss-reactive ketones (excluding diaryl/α,β-unsaturated/α-hetero) is 3. The van der Waals surface area contributed by atoms with Gasteiger partial charge in [0.15, 0.2) is 11.6 Å². The van der Waals surface area contributed by atoms with E-state index in [1.54, 1.807) is 6.92 Å². The molecular weight excluding hydrogens is 472 g/mol. The van der Waals surface area contributed by atoms with Crippen molar-refractivity contribution in [3.05, 3.63) is 22.8 Å². The molecule has 2 fully saturated rings. The molecule has 0 aromatic rings. The highest BCUT2D eigenvalue weighted by Gasteiger charge is 2.70. The molecule has 0 aromatic carbocycles. The first kappa shape index (κ1) is 27.6. The Morgan fingerprint density at radius 2 is 1.70 bits per heavy atom. The number of aliphatic hydroxyl groups is 1. The van der Waals surface area contributed by atoms with E-state index in [-0.39, 0.29) is 54.2 Å². The lowest BCUT2D eigenvalue weighted by Gasteiger charge is -2.60. The molecule has 0 spiro atoms. The Morgan fingerprint density at radius 3 is 2.30 bits per heavy atom. The van der Waals surface area contributed by atoms with Crippen molar-refractivity contribution in [2.45, 2.75) is 93.1 Å². The van der Waals surface area contributed by atoms with E-state index in [1.807, 2.05) is 34.6 Å². The summed E-state index contributed by atoms with van der Waals surface area (Å²) >= 11 is 0. The summed E-state index contributed by atoms with van der Waals surface area (Å²) in [5.41, 5.74) is -1.43. The average Bonchev–Trinajstić information content (AvgIpc) is 2.99. The molecule has 0 aliphatic heterocycles. The summed E-state index contributed by atoms with van der Waals surface area (Å²) in [6.07, 6.45) is 1.78. The fraction of sp³-hybridized carbons (Fsp3) is 0.700. The number of carbonyl (C=O) groups excluding carboxylic acids is 4. The number of hydrogen-bond acceptors (Lipinski definition) is 6. The summed E-state index contributed by atoms with van der Waals surface area (Å²) < 4.78 is 0. The predicted molar refractivity (Wildman–Crippen MR) is 136 cm³/mol. The van der Waals surface area contributed by atoms with E-state index in [9.17, 15) is 29.1 Å². The van der Waals surface area contributed by atoms with E-state index < -0.39 is 39.7 Å². The fourth-order valence-corrected chi connectivity index (χ4v) is 8.51. The largest absolute Gasteiger partial charge is 0.481 e. The van der Waals surface area contributed by atoms with Crippen LogP contribution in [-0.4, -0.2) is 45.4 Å². The van der Waals surface area contributed by atoms with E-state index in [1.165, 1.54) is 13.0 Å². The van der Waals surface area contributed by atoms with E-state index in [0.29, 0.717) is 36.0 Å². The summed E-state index contributed by atoms with van der Waals surface area (Å²) in [6, 6.07) is 0. The smallest absolute Gasteiger partial charge is 0.306 e. The van der Waals surface area contributed by atoms with Crippen LogP contribution in [0.3, 0.4) is 0 Å². The van der Waals surface area contributed by atoms with Gasteiger partial charge in [-0.15, -0.1) is 0 Å². The summed E-state index contributed by atoms with van der Waals surface area (Å²) in [6.45, 7) is 12.9. The van der Waals surface area contributed by atoms with Gasteiger partial charge in [0.25, 0.3) is 0 Å². The third kappa shape index (κ3) is 3.67. The van der Waals surface area contributed by atoms with E-state index >= 15 is 0 Å². The molecule has 37 heavy (non-hydrogen) atoms. The van der Waals surface area contributed by atoms with Gasteiger partial charge in [0.2, 0.25) is 0 Å². The Kier molecular flexibility index (Phi) is 6.38. The van der Waals surface area contributed by atoms with Gasteiger partial charge in [-0.2, -0.15) is 0 Å². The zero-order valence-corrected chi connectivity index (χ0v) is 23.1. The highest BCUT2D eigenvalue weighted by Crippen LogP contribution is 2.70. The molecule has 4 rings (SSSR count). The molecule has 0 amide bonds. The minimum atomic E-state index is -1.08. The Labute approximate surface area is 218 Å². The van der Waals surface area contributed by atoms with E-state index in [2.05, 4.69) is 0 Å². The maximum atomic E-state index is 14.0. The van der Waals surface area contributed by atoms with Crippen molar-refractivity contribution >= 4 is 29.1 Å². The summed E-state index contributed by atoms with van der Waals surface area (Å²) in [5.74, 6) is -2.74. The lowest BCUT2D eigenvalue weighted by Crippen LogP contribution is -2.59. The number of ketones is 4.